The Balaban J connectivity index is 1.68. The first-order valence-electron chi connectivity index (χ1n) is 8.16. The molecule has 0 saturated carbocycles. The molecule has 0 bridgehead atoms. The first-order chi connectivity index (χ1) is 11.5. The van der Waals surface area contributed by atoms with E-state index in [1.54, 1.807) is 0 Å². The number of nitrogens with one attached hydrogen (secondary N) is 1. The van der Waals surface area contributed by atoms with Crippen LogP contribution in [0.2, 0.25) is 0 Å². The highest BCUT2D eigenvalue weighted by Gasteiger charge is 2.16. The van der Waals surface area contributed by atoms with Crippen molar-refractivity contribution in [3.05, 3.63) is 29.3 Å². The van der Waals surface area contributed by atoms with Crippen LogP contribution in [0.25, 0.3) is 10.6 Å². The highest BCUT2D eigenvalue weighted by atomic mass is 32.1. The number of hydrogen-bond donors (Lipinski definition) is 1. The van der Waals surface area contributed by atoms with Gasteiger partial charge in [0.15, 0.2) is 11.5 Å². The van der Waals surface area contributed by atoms with E-state index in [9.17, 15) is 4.79 Å². The van der Waals surface area contributed by atoms with Gasteiger partial charge in [-0.25, -0.2) is 4.98 Å². The fraction of sp³-hybridized carbons (Fsp3) is 0.444. The average Bonchev–Trinajstić information content (AvgIpc) is 3.02. The van der Waals surface area contributed by atoms with E-state index in [0.717, 1.165) is 27.8 Å². The molecule has 1 N–H and O–H groups in total. The smallest absolute Gasteiger partial charge is 0.226 e. The molecule has 0 radical (unpaired) electrons. The summed E-state index contributed by atoms with van der Waals surface area (Å²) in [6.07, 6.45) is 0.304. The van der Waals surface area contributed by atoms with Gasteiger partial charge >= 0.3 is 0 Å². The second kappa shape index (κ2) is 7.21. The summed E-state index contributed by atoms with van der Waals surface area (Å²) >= 11 is 1.53. The van der Waals surface area contributed by atoms with Crippen molar-refractivity contribution in [2.75, 3.05) is 13.2 Å². The van der Waals surface area contributed by atoms with Crippen molar-refractivity contribution < 1.29 is 14.3 Å². The second-order valence-electron chi connectivity index (χ2n) is 6.28. The van der Waals surface area contributed by atoms with E-state index in [1.807, 2.05) is 30.5 Å². The fourth-order valence-electron chi connectivity index (χ4n) is 2.33. The van der Waals surface area contributed by atoms with Gasteiger partial charge < -0.3 is 14.8 Å². The highest BCUT2D eigenvalue weighted by Crippen LogP contribution is 2.35. The van der Waals surface area contributed by atoms with Crippen LogP contribution in [0, 0.1) is 5.92 Å². The highest BCUT2D eigenvalue weighted by molar-refractivity contribution is 7.13. The Hall–Kier alpha value is -2.08. The summed E-state index contributed by atoms with van der Waals surface area (Å²) < 4.78 is 11.1. The van der Waals surface area contributed by atoms with Crippen LogP contribution in [0.15, 0.2) is 23.6 Å². The molecule has 0 fully saturated rings. The maximum absolute atomic E-state index is 12.1. The Morgan fingerprint density at radius 2 is 2.00 bits per heavy atom. The second-order valence-corrected chi connectivity index (χ2v) is 7.14. The van der Waals surface area contributed by atoms with E-state index in [-0.39, 0.29) is 11.9 Å². The predicted molar refractivity (Wildman–Crippen MR) is 94.7 cm³/mol. The normalized spacial score (nSPS) is 14.5. The SMILES string of the molecule is CC(C)[C@H](C)NC(=O)Cc1csc(-c2ccc3c(c2)OCCO3)n1. The number of rotatable bonds is 5. The molecule has 5 nitrogen and oxygen atoms in total. The molecule has 1 amide bonds. The quantitative estimate of drug-likeness (QED) is 0.902. The zero-order valence-electron chi connectivity index (χ0n) is 14.2. The zero-order chi connectivity index (χ0) is 17.1. The number of nitrogens with zero attached hydrogens (tertiary/aromatic N) is 1. The predicted octanol–water partition coefficient (Wildman–Crippen LogP) is 3.28. The van der Waals surface area contributed by atoms with Gasteiger partial charge in [-0.1, -0.05) is 13.8 Å². The first kappa shape index (κ1) is 16.8. The number of amides is 1. The van der Waals surface area contributed by atoms with E-state index in [2.05, 4.69) is 24.1 Å². The topological polar surface area (TPSA) is 60.5 Å². The summed E-state index contributed by atoms with van der Waals surface area (Å²) in [6.45, 7) is 7.34. The minimum absolute atomic E-state index is 0.00947. The van der Waals surface area contributed by atoms with E-state index in [0.29, 0.717) is 25.6 Å². The van der Waals surface area contributed by atoms with E-state index < -0.39 is 0 Å². The molecule has 0 saturated heterocycles. The molecule has 1 aliphatic rings. The van der Waals surface area contributed by atoms with E-state index in [4.69, 9.17) is 9.47 Å². The Morgan fingerprint density at radius 1 is 1.25 bits per heavy atom. The van der Waals surface area contributed by atoms with Crippen molar-refractivity contribution >= 4 is 17.2 Å². The minimum Gasteiger partial charge on any atom is -0.486 e. The molecule has 0 unspecified atom stereocenters. The van der Waals surface area contributed by atoms with Crippen molar-refractivity contribution in [1.82, 2.24) is 10.3 Å². The molecule has 128 valence electrons. The van der Waals surface area contributed by atoms with Crippen molar-refractivity contribution in [3.8, 4) is 22.1 Å². The lowest BCUT2D eigenvalue weighted by molar-refractivity contribution is -0.121. The Morgan fingerprint density at radius 3 is 2.75 bits per heavy atom. The van der Waals surface area contributed by atoms with Crippen LogP contribution in [0.4, 0.5) is 0 Å². The number of aromatic nitrogens is 1. The van der Waals surface area contributed by atoms with Gasteiger partial charge in [0.2, 0.25) is 5.91 Å². The number of ether oxygens (including phenoxy) is 2. The molecule has 1 aromatic heterocycles. The third-order valence-electron chi connectivity index (χ3n) is 4.07. The van der Waals surface area contributed by atoms with Gasteiger partial charge in [-0.2, -0.15) is 0 Å². The Bertz CT molecular complexity index is 727. The van der Waals surface area contributed by atoms with Gasteiger partial charge in [0, 0.05) is 17.0 Å². The summed E-state index contributed by atoms with van der Waals surface area (Å²) in [4.78, 5) is 16.7. The Labute approximate surface area is 146 Å². The van der Waals surface area contributed by atoms with Gasteiger partial charge in [0.25, 0.3) is 0 Å². The van der Waals surface area contributed by atoms with Crippen LogP contribution in [-0.4, -0.2) is 30.1 Å². The van der Waals surface area contributed by atoms with Crippen LogP contribution < -0.4 is 14.8 Å². The van der Waals surface area contributed by atoms with Crippen LogP contribution in [0.1, 0.15) is 26.5 Å². The number of carbonyl (C=O) groups is 1. The van der Waals surface area contributed by atoms with Crippen molar-refractivity contribution in [2.45, 2.75) is 33.2 Å². The van der Waals surface area contributed by atoms with Crippen LogP contribution >= 0.6 is 11.3 Å². The van der Waals surface area contributed by atoms with E-state index in [1.165, 1.54) is 11.3 Å². The molecule has 24 heavy (non-hydrogen) atoms. The molecule has 0 spiro atoms. The summed E-state index contributed by atoms with van der Waals surface area (Å²) in [6, 6.07) is 5.98. The standard InChI is InChI=1S/C18H22N2O3S/c1-11(2)12(3)19-17(21)9-14-10-24-18(20-14)13-4-5-15-16(8-13)23-7-6-22-15/h4-5,8,10-12H,6-7,9H2,1-3H3,(H,19,21)/t12-/m0/s1. The summed E-state index contributed by atoms with van der Waals surface area (Å²) in [5.41, 5.74) is 1.77. The first-order valence-corrected chi connectivity index (χ1v) is 9.04. The molecule has 1 aromatic carbocycles. The van der Waals surface area contributed by atoms with Crippen molar-refractivity contribution in [1.29, 1.82) is 0 Å². The van der Waals surface area contributed by atoms with Gasteiger partial charge in [-0.3, -0.25) is 4.79 Å². The van der Waals surface area contributed by atoms with Crippen LogP contribution in [0.5, 0.6) is 11.5 Å². The molecule has 6 heteroatoms. The lowest BCUT2D eigenvalue weighted by atomic mass is 10.1. The number of fused-ring (bicyclic) bond motifs is 1. The molecule has 3 rings (SSSR count). The summed E-state index contributed by atoms with van der Waals surface area (Å²) in [5.74, 6) is 1.94. The maximum atomic E-state index is 12.1. The molecule has 1 aliphatic heterocycles. The van der Waals surface area contributed by atoms with Gasteiger partial charge in [-0.15, -0.1) is 11.3 Å². The van der Waals surface area contributed by atoms with Crippen LogP contribution in [-0.2, 0) is 11.2 Å². The van der Waals surface area contributed by atoms with Crippen LogP contribution in [0.3, 0.4) is 0 Å². The third kappa shape index (κ3) is 3.87. The van der Waals surface area contributed by atoms with Crippen molar-refractivity contribution in [3.63, 3.8) is 0 Å². The molecule has 2 heterocycles. The minimum atomic E-state index is 0.00947. The molecular formula is C18H22N2O3S. The number of benzene rings is 1. The number of hydrogen-bond acceptors (Lipinski definition) is 5. The van der Waals surface area contributed by atoms with E-state index >= 15 is 0 Å². The van der Waals surface area contributed by atoms with Gasteiger partial charge in [0.05, 0.1) is 12.1 Å². The third-order valence-corrected chi connectivity index (χ3v) is 5.01. The molecule has 2 aromatic rings. The summed E-state index contributed by atoms with van der Waals surface area (Å²) in [7, 11) is 0. The molecule has 0 aliphatic carbocycles. The Kier molecular flexibility index (Phi) is 5.04. The van der Waals surface area contributed by atoms with Gasteiger partial charge in [0.1, 0.15) is 18.2 Å². The number of thiazole rings is 1. The fourth-order valence-corrected chi connectivity index (χ4v) is 3.15. The number of carbonyl (C=O) groups excluding carboxylic acids is 1. The largest absolute Gasteiger partial charge is 0.486 e. The average molecular weight is 346 g/mol. The lowest BCUT2D eigenvalue weighted by Crippen LogP contribution is -2.37. The van der Waals surface area contributed by atoms with Crippen molar-refractivity contribution in [2.24, 2.45) is 5.92 Å². The molecule has 1 atom stereocenters. The monoisotopic (exact) mass is 346 g/mol. The maximum Gasteiger partial charge on any atom is 0.226 e. The van der Waals surface area contributed by atoms with Gasteiger partial charge in [-0.05, 0) is 31.0 Å². The molecular weight excluding hydrogens is 324 g/mol. The zero-order valence-corrected chi connectivity index (χ0v) is 15.0. The lowest BCUT2D eigenvalue weighted by Gasteiger charge is -2.18. The summed E-state index contributed by atoms with van der Waals surface area (Å²) in [5, 5.41) is 5.82.